The van der Waals surface area contributed by atoms with E-state index in [1.807, 2.05) is 0 Å². The highest BCUT2D eigenvalue weighted by Gasteiger charge is 2.47. The lowest BCUT2D eigenvalue weighted by molar-refractivity contribution is -0.153. The van der Waals surface area contributed by atoms with Gasteiger partial charge < -0.3 is 19.9 Å². The van der Waals surface area contributed by atoms with Crippen LogP contribution in [-0.4, -0.2) is 73.5 Å². The first-order chi connectivity index (χ1) is 8.54. The predicted molar refractivity (Wildman–Crippen MR) is 61.6 cm³/mol. The van der Waals surface area contributed by atoms with E-state index in [4.69, 9.17) is 4.74 Å². The van der Waals surface area contributed by atoms with Gasteiger partial charge in [0, 0.05) is 20.7 Å². The summed E-state index contributed by atoms with van der Waals surface area (Å²) in [6.07, 6.45) is 0.603. The van der Waals surface area contributed by atoms with Crippen LogP contribution in [0.5, 0.6) is 0 Å². The maximum atomic E-state index is 12.1. The van der Waals surface area contributed by atoms with Gasteiger partial charge in [-0.2, -0.15) is 0 Å². The molecule has 0 spiro atoms. The third-order valence-corrected chi connectivity index (χ3v) is 3.34. The number of carbonyl (C=O) groups excluding carboxylic acids is 3. The highest BCUT2D eigenvalue weighted by Crippen LogP contribution is 2.23. The van der Waals surface area contributed by atoms with Crippen molar-refractivity contribution in [3.05, 3.63) is 0 Å². The quantitative estimate of drug-likeness (QED) is 0.645. The summed E-state index contributed by atoms with van der Waals surface area (Å²) in [5.74, 6) is -0.446. The van der Waals surface area contributed by atoms with Gasteiger partial charge in [-0.1, -0.05) is 0 Å². The van der Waals surface area contributed by atoms with Crippen LogP contribution in [0.2, 0.25) is 0 Å². The number of fused-ring (bicyclic) bond motifs is 1. The number of ether oxygens (including phenoxy) is 1. The number of nitrogens with zero attached hydrogens (tertiary/aromatic N) is 2. The number of likely N-dealkylation sites (N-methyl/N-ethyl adjacent to an activating group) is 1. The summed E-state index contributed by atoms with van der Waals surface area (Å²) in [4.78, 5) is 38.3. The van der Waals surface area contributed by atoms with Gasteiger partial charge >= 0.3 is 0 Å². The third-order valence-electron chi connectivity index (χ3n) is 3.34. The van der Waals surface area contributed by atoms with Crippen molar-refractivity contribution in [3.63, 3.8) is 0 Å². The van der Waals surface area contributed by atoms with E-state index in [0.717, 1.165) is 0 Å². The second kappa shape index (κ2) is 4.93. The molecule has 0 aliphatic carbocycles. The Morgan fingerprint density at radius 1 is 1.50 bits per heavy atom. The van der Waals surface area contributed by atoms with E-state index in [0.29, 0.717) is 13.0 Å². The molecule has 0 saturated carbocycles. The van der Waals surface area contributed by atoms with E-state index in [1.165, 1.54) is 12.0 Å². The van der Waals surface area contributed by atoms with Gasteiger partial charge in [-0.25, -0.2) is 0 Å². The summed E-state index contributed by atoms with van der Waals surface area (Å²) < 4.78 is 4.73. The molecule has 2 unspecified atom stereocenters. The smallest absolute Gasteiger partial charge is 0.247 e. The minimum absolute atomic E-state index is 0.0405. The monoisotopic (exact) mass is 255 g/mol. The average molecular weight is 255 g/mol. The zero-order chi connectivity index (χ0) is 13.3. The Labute approximate surface area is 105 Å². The van der Waals surface area contributed by atoms with Crippen LogP contribution in [0.25, 0.3) is 0 Å². The van der Waals surface area contributed by atoms with Crippen LogP contribution in [0, 0.1) is 0 Å². The number of amides is 3. The highest BCUT2D eigenvalue weighted by atomic mass is 16.5. The summed E-state index contributed by atoms with van der Waals surface area (Å²) >= 11 is 0. The molecule has 2 heterocycles. The molecule has 0 aromatic rings. The Morgan fingerprint density at radius 3 is 2.89 bits per heavy atom. The molecule has 0 radical (unpaired) electrons. The second-order valence-electron chi connectivity index (χ2n) is 4.62. The summed E-state index contributed by atoms with van der Waals surface area (Å²) in [5.41, 5.74) is 0. The number of piperazine rings is 1. The molecule has 2 aliphatic heterocycles. The molecular weight excluding hydrogens is 238 g/mol. The van der Waals surface area contributed by atoms with E-state index >= 15 is 0 Å². The maximum absolute atomic E-state index is 12.1. The van der Waals surface area contributed by atoms with Crippen LogP contribution in [0.15, 0.2) is 0 Å². The van der Waals surface area contributed by atoms with E-state index in [9.17, 15) is 14.4 Å². The average Bonchev–Trinajstić information content (AvgIpc) is 2.71. The van der Waals surface area contributed by atoms with Crippen molar-refractivity contribution in [2.45, 2.75) is 18.5 Å². The molecule has 7 heteroatoms. The van der Waals surface area contributed by atoms with E-state index in [2.05, 4.69) is 5.32 Å². The van der Waals surface area contributed by atoms with Crippen LogP contribution < -0.4 is 5.32 Å². The van der Waals surface area contributed by atoms with Crippen molar-refractivity contribution in [1.29, 1.82) is 0 Å². The van der Waals surface area contributed by atoms with Crippen molar-refractivity contribution >= 4 is 17.7 Å². The van der Waals surface area contributed by atoms with Gasteiger partial charge in [0.1, 0.15) is 12.6 Å². The van der Waals surface area contributed by atoms with Crippen LogP contribution in [-0.2, 0) is 19.1 Å². The van der Waals surface area contributed by atoms with Crippen molar-refractivity contribution < 1.29 is 19.1 Å². The Hall–Kier alpha value is -1.63. The Bertz CT molecular complexity index is 384. The molecule has 7 nitrogen and oxygen atoms in total. The third kappa shape index (κ3) is 2.17. The lowest BCUT2D eigenvalue weighted by Gasteiger charge is -2.36. The molecule has 100 valence electrons. The first-order valence-corrected chi connectivity index (χ1v) is 5.87. The summed E-state index contributed by atoms with van der Waals surface area (Å²) in [7, 11) is 3.04. The van der Waals surface area contributed by atoms with Crippen molar-refractivity contribution in [2.24, 2.45) is 0 Å². The van der Waals surface area contributed by atoms with Gasteiger partial charge in [-0.05, 0) is 6.42 Å². The molecule has 0 bridgehead atoms. The molecule has 2 saturated heterocycles. The van der Waals surface area contributed by atoms with Gasteiger partial charge in [-0.3, -0.25) is 14.4 Å². The Balaban J connectivity index is 2.08. The van der Waals surface area contributed by atoms with Gasteiger partial charge in [0.15, 0.2) is 0 Å². The number of hydrogen-bond donors (Lipinski definition) is 1. The van der Waals surface area contributed by atoms with Gasteiger partial charge in [0.05, 0.1) is 12.6 Å². The van der Waals surface area contributed by atoms with E-state index in [1.54, 1.807) is 11.9 Å². The molecule has 18 heavy (non-hydrogen) atoms. The lowest BCUT2D eigenvalue weighted by Crippen LogP contribution is -2.61. The summed E-state index contributed by atoms with van der Waals surface area (Å²) in [6.45, 7) is 0.594. The SMILES string of the molecule is COCC(=O)NC1CCN2C(=O)CN(C)C(=O)C12. The fourth-order valence-electron chi connectivity index (χ4n) is 2.51. The molecule has 0 aromatic carbocycles. The topological polar surface area (TPSA) is 79.0 Å². The molecule has 2 aliphatic rings. The molecule has 2 atom stereocenters. The minimum atomic E-state index is -0.558. The largest absolute Gasteiger partial charge is 0.375 e. The number of methoxy groups -OCH3 is 1. The van der Waals surface area contributed by atoms with Crippen molar-refractivity contribution in [1.82, 2.24) is 15.1 Å². The first-order valence-electron chi connectivity index (χ1n) is 5.87. The lowest BCUT2D eigenvalue weighted by atomic mass is 10.1. The van der Waals surface area contributed by atoms with Gasteiger partial charge in [0.2, 0.25) is 17.7 Å². The summed E-state index contributed by atoms with van der Waals surface area (Å²) in [5, 5.41) is 2.75. The predicted octanol–water partition coefficient (Wildman–Crippen LogP) is -1.81. The number of carbonyl (C=O) groups is 3. The molecule has 3 amide bonds. The fraction of sp³-hybridized carbons (Fsp3) is 0.727. The number of hydrogen-bond acceptors (Lipinski definition) is 4. The van der Waals surface area contributed by atoms with Gasteiger partial charge in [0.25, 0.3) is 0 Å². The molecule has 2 fully saturated rings. The molecular formula is C11H17N3O4. The number of nitrogens with one attached hydrogen (secondary N) is 1. The van der Waals surface area contributed by atoms with Crippen molar-refractivity contribution in [3.8, 4) is 0 Å². The van der Waals surface area contributed by atoms with E-state index in [-0.39, 0.29) is 36.9 Å². The maximum Gasteiger partial charge on any atom is 0.247 e. The van der Waals surface area contributed by atoms with Crippen LogP contribution in [0.4, 0.5) is 0 Å². The zero-order valence-electron chi connectivity index (χ0n) is 10.5. The van der Waals surface area contributed by atoms with E-state index < -0.39 is 6.04 Å². The van der Waals surface area contributed by atoms with Crippen LogP contribution >= 0.6 is 0 Å². The van der Waals surface area contributed by atoms with Crippen molar-refractivity contribution in [2.75, 3.05) is 33.9 Å². The first kappa shape index (κ1) is 12.8. The highest BCUT2D eigenvalue weighted by molar-refractivity contribution is 5.96. The normalized spacial score (nSPS) is 27.4. The fourth-order valence-corrected chi connectivity index (χ4v) is 2.51. The minimum Gasteiger partial charge on any atom is -0.375 e. The Morgan fingerprint density at radius 2 is 2.22 bits per heavy atom. The zero-order valence-corrected chi connectivity index (χ0v) is 10.5. The van der Waals surface area contributed by atoms with Crippen LogP contribution in [0.3, 0.4) is 0 Å². The Kier molecular flexibility index (Phi) is 3.51. The molecule has 2 rings (SSSR count). The molecule has 1 N–H and O–H groups in total. The number of rotatable bonds is 3. The van der Waals surface area contributed by atoms with Crippen LogP contribution in [0.1, 0.15) is 6.42 Å². The molecule has 0 aromatic heterocycles. The van der Waals surface area contributed by atoms with Gasteiger partial charge in [-0.15, -0.1) is 0 Å². The standard InChI is InChI=1S/C11H17N3O4/c1-13-5-9(16)14-4-3-7(10(14)11(13)17)12-8(15)6-18-2/h7,10H,3-6H2,1-2H3,(H,12,15). The second-order valence-corrected chi connectivity index (χ2v) is 4.62. The summed E-state index contributed by atoms with van der Waals surface area (Å²) in [6, 6.07) is -0.871.